The summed E-state index contributed by atoms with van der Waals surface area (Å²) in [6, 6.07) is 1.90. The fourth-order valence-electron chi connectivity index (χ4n) is 2.97. The first-order valence-electron chi connectivity index (χ1n) is 8.57. The normalized spacial score (nSPS) is 15.6. The Bertz CT molecular complexity index is 722. The van der Waals surface area contributed by atoms with E-state index in [-0.39, 0.29) is 10.9 Å². The van der Waals surface area contributed by atoms with Crippen LogP contribution in [0.4, 0.5) is 10.1 Å². The average molecular weight is 362 g/mol. The highest BCUT2D eigenvalue weighted by Crippen LogP contribution is 2.31. The molecule has 1 N–H and O–H groups in total. The van der Waals surface area contributed by atoms with E-state index in [4.69, 9.17) is 11.6 Å². The van der Waals surface area contributed by atoms with E-state index in [9.17, 15) is 4.39 Å². The smallest absolute Gasteiger partial charge is 0.119 e. The van der Waals surface area contributed by atoms with Gasteiger partial charge in [-0.15, -0.1) is 0 Å². The van der Waals surface area contributed by atoms with Crippen molar-refractivity contribution >= 4 is 29.7 Å². The first kappa shape index (κ1) is 19.4. The van der Waals surface area contributed by atoms with Crippen LogP contribution < -0.4 is 5.32 Å². The molecule has 0 radical (unpaired) electrons. The highest BCUT2D eigenvalue weighted by Gasteiger charge is 2.15. The van der Waals surface area contributed by atoms with Crippen LogP contribution in [-0.2, 0) is 6.42 Å². The molecule has 0 unspecified atom stereocenters. The molecular weight excluding hydrogens is 337 g/mol. The molecule has 1 aliphatic carbocycles. The van der Waals surface area contributed by atoms with Crippen molar-refractivity contribution < 1.29 is 4.39 Å². The molecule has 2 rings (SSSR count). The van der Waals surface area contributed by atoms with Crippen molar-refractivity contribution in [2.75, 3.05) is 6.54 Å². The second kappa shape index (κ2) is 8.95. The minimum atomic E-state index is -0.210. The second-order valence-electron chi connectivity index (χ2n) is 6.39. The number of halogens is 2. The standard InChI is InChI=1S/C20H25ClFN3/c1-5-19-20(23-4)16(8-9-24-19)14(3)25-12-13(2)10-15-6-7-18(22)17(21)11-15/h8-9,11,13,25H,3-7,10,12H2,1-2H3/t13-/m1/s1. The molecule has 0 bridgehead atoms. The van der Waals surface area contributed by atoms with Gasteiger partial charge >= 0.3 is 0 Å². The number of aliphatic imine (C=N–C) groups is 1. The quantitative estimate of drug-likeness (QED) is 0.603. The summed E-state index contributed by atoms with van der Waals surface area (Å²) in [6.07, 6.45) is 6.36. The summed E-state index contributed by atoms with van der Waals surface area (Å²) in [5.41, 5.74) is 4.64. The Morgan fingerprint density at radius 3 is 2.88 bits per heavy atom. The molecule has 1 aromatic heterocycles. The van der Waals surface area contributed by atoms with E-state index in [1.807, 2.05) is 13.0 Å². The number of aromatic nitrogens is 1. The molecule has 25 heavy (non-hydrogen) atoms. The summed E-state index contributed by atoms with van der Waals surface area (Å²) in [5, 5.41) is 3.62. The Morgan fingerprint density at radius 2 is 2.24 bits per heavy atom. The van der Waals surface area contributed by atoms with Crippen molar-refractivity contribution in [3.63, 3.8) is 0 Å². The molecule has 1 atom stereocenters. The van der Waals surface area contributed by atoms with Gasteiger partial charge < -0.3 is 5.32 Å². The van der Waals surface area contributed by atoms with Crippen molar-refractivity contribution in [2.24, 2.45) is 10.9 Å². The number of rotatable bonds is 8. The third-order valence-electron chi connectivity index (χ3n) is 4.35. The summed E-state index contributed by atoms with van der Waals surface area (Å²) in [4.78, 5) is 8.46. The van der Waals surface area contributed by atoms with Gasteiger partial charge in [0.2, 0.25) is 0 Å². The van der Waals surface area contributed by atoms with E-state index < -0.39 is 0 Å². The van der Waals surface area contributed by atoms with E-state index in [0.29, 0.717) is 12.3 Å². The van der Waals surface area contributed by atoms with Gasteiger partial charge in [-0.25, -0.2) is 4.39 Å². The van der Waals surface area contributed by atoms with Crippen molar-refractivity contribution in [3.8, 4) is 0 Å². The van der Waals surface area contributed by atoms with Gasteiger partial charge in [0.05, 0.1) is 16.4 Å². The molecule has 0 aliphatic heterocycles. The van der Waals surface area contributed by atoms with Gasteiger partial charge in [0.15, 0.2) is 0 Å². The van der Waals surface area contributed by atoms with Gasteiger partial charge in [0.1, 0.15) is 5.83 Å². The number of nitrogens with one attached hydrogen (secondary N) is 1. The minimum absolute atomic E-state index is 0.210. The van der Waals surface area contributed by atoms with E-state index in [0.717, 1.165) is 48.4 Å². The highest BCUT2D eigenvalue weighted by molar-refractivity contribution is 6.31. The Hall–Kier alpha value is -1.94. The van der Waals surface area contributed by atoms with Gasteiger partial charge in [-0.2, -0.15) is 0 Å². The van der Waals surface area contributed by atoms with E-state index in [1.54, 1.807) is 12.3 Å². The number of aryl methyl sites for hydroxylation is 1. The highest BCUT2D eigenvalue weighted by atomic mass is 35.5. The second-order valence-corrected chi connectivity index (χ2v) is 6.80. The predicted octanol–water partition coefficient (Wildman–Crippen LogP) is 5.70. The number of nitrogens with zero attached hydrogens (tertiary/aromatic N) is 2. The zero-order valence-corrected chi connectivity index (χ0v) is 15.7. The largest absolute Gasteiger partial charge is 0.385 e. The van der Waals surface area contributed by atoms with Crippen LogP contribution in [0.25, 0.3) is 5.70 Å². The number of hydrogen-bond donors (Lipinski definition) is 1. The molecule has 1 aliphatic rings. The molecule has 0 saturated heterocycles. The molecule has 5 heteroatoms. The molecule has 0 aromatic carbocycles. The van der Waals surface area contributed by atoms with Crippen molar-refractivity contribution in [1.82, 2.24) is 10.3 Å². The average Bonchev–Trinajstić information content (AvgIpc) is 2.61. The van der Waals surface area contributed by atoms with Crippen LogP contribution in [-0.4, -0.2) is 18.2 Å². The van der Waals surface area contributed by atoms with Gasteiger partial charge in [-0.05, 0) is 44.0 Å². The van der Waals surface area contributed by atoms with Crippen LogP contribution >= 0.6 is 11.6 Å². The van der Waals surface area contributed by atoms with Crippen molar-refractivity contribution in [2.45, 2.75) is 39.5 Å². The van der Waals surface area contributed by atoms with Crippen molar-refractivity contribution in [3.05, 3.63) is 52.6 Å². The maximum Gasteiger partial charge on any atom is 0.119 e. The van der Waals surface area contributed by atoms with Crippen LogP contribution in [0.15, 0.2) is 46.3 Å². The van der Waals surface area contributed by atoms with Gasteiger partial charge in [-0.1, -0.05) is 37.6 Å². The van der Waals surface area contributed by atoms with Crippen LogP contribution in [0.1, 0.15) is 44.4 Å². The molecule has 0 spiro atoms. The summed E-state index contributed by atoms with van der Waals surface area (Å²) < 4.78 is 13.3. The van der Waals surface area contributed by atoms with E-state index in [1.165, 1.54) is 5.57 Å². The number of hydrogen-bond acceptors (Lipinski definition) is 3. The first-order valence-corrected chi connectivity index (χ1v) is 8.95. The zero-order valence-electron chi connectivity index (χ0n) is 14.9. The predicted molar refractivity (Wildman–Crippen MR) is 105 cm³/mol. The summed E-state index contributed by atoms with van der Waals surface area (Å²) >= 11 is 5.89. The van der Waals surface area contributed by atoms with Crippen LogP contribution in [0.5, 0.6) is 0 Å². The topological polar surface area (TPSA) is 37.3 Å². The van der Waals surface area contributed by atoms with Gasteiger partial charge in [-0.3, -0.25) is 9.98 Å². The first-order chi connectivity index (χ1) is 12.0. The van der Waals surface area contributed by atoms with Gasteiger partial charge in [0.25, 0.3) is 0 Å². The monoisotopic (exact) mass is 361 g/mol. The fourth-order valence-corrected chi connectivity index (χ4v) is 3.22. The van der Waals surface area contributed by atoms with Gasteiger partial charge in [0, 0.05) is 30.4 Å². The molecule has 1 heterocycles. The third kappa shape index (κ3) is 5.02. The molecule has 0 saturated carbocycles. The van der Waals surface area contributed by atoms with Crippen molar-refractivity contribution in [1.29, 1.82) is 0 Å². The number of allylic oxidation sites excluding steroid dienone is 4. The maximum atomic E-state index is 13.3. The zero-order chi connectivity index (χ0) is 18.4. The summed E-state index contributed by atoms with van der Waals surface area (Å²) in [5.74, 6) is 0.166. The summed E-state index contributed by atoms with van der Waals surface area (Å²) in [6.45, 7) is 12.7. The molecular formula is C20H25ClFN3. The number of pyridine rings is 1. The lowest BCUT2D eigenvalue weighted by Crippen LogP contribution is -2.20. The maximum absolute atomic E-state index is 13.3. The van der Waals surface area contributed by atoms with Crippen LogP contribution in [0, 0.1) is 5.92 Å². The Kier molecular flexibility index (Phi) is 6.94. The Labute approximate surface area is 154 Å². The van der Waals surface area contributed by atoms with E-state index >= 15 is 0 Å². The third-order valence-corrected chi connectivity index (χ3v) is 4.66. The summed E-state index contributed by atoms with van der Waals surface area (Å²) in [7, 11) is 0. The Morgan fingerprint density at radius 1 is 1.48 bits per heavy atom. The lowest BCUT2D eigenvalue weighted by atomic mass is 9.94. The molecule has 134 valence electrons. The fraction of sp³-hybridized carbons (Fsp3) is 0.400. The van der Waals surface area contributed by atoms with Crippen LogP contribution in [0.2, 0.25) is 0 Å². The minimum Gasteiger partial charge on any atom is -0.385 e. The SMILES string of the molecule is C=Nc1c(C(=C)NC[C@H](C)CC2=CC(Cl)=C(F)CC2)ccnc1CC. The lowest BCUT2D eigenvalue weighted by Gasteiger charge is -2.19. The molecule has 0 fully saturated rings. The molecule has 1 aromatic rings. The molecule has 0 amide bonds. The van der Waals surface area contributed by atoms with E-state index in [2.05, 4.69) is 35.5 Å². The molecule has 3 nitrogen and oxygen atoms in total. The Balaban J connectivity index is 1.96. The lowest BCUT2D eigenvalue weighted by molar-refractivity contribution is 0.527. The van der Waals surface area contributed by atoms with Crippen LogP contribution in [0.3, 0.4) is 0 Å².